The lowest BCUT2D eigenvalue weighted by Crippen LogP contribution is -2.54. The molecule has 3 amide bonds. The molecule has 3 aromatic rings. The minimum atomic E-state index is -1.02. The van der Waals surface area contributed by atoms with Gasteiger partial charge in [0, 0.05) is 23.9 Å². The van der Waals surface area contributed by atoms with Crippen LogP contribution in [0.15, 0.2) is 47.3 Å². The van der Waals surface area contributed by atoms with E-state index in [9.17, 15) is 19.2 Å². The van der Waals surface area contributed by atoms with Gasteiger partial charge in [0.15, 0.2) is 12.2 Å². The molecule has 0 atom stereocenters. The van der Waals surface area contributed by atoms with Crippen molar-refractivity contribution in [1.82, 2.24) is 15.6 Å². The minimum Gasteiger partial charge on any atom is -0.496 e. The number of rotatable bonds is 8. The zero-order valence-corrected chi connectivity index (χ0v) is 21.6. The van der Waals surface area contributed by atoms with E-state index in [1.807, 2.05) is 19.1 Å². The normalized spacial score (nSPS) is 11.0. The van der Waals surface area contributed by atoms with E-state index in [1.54, 1.807) is 45.9 Å². The van der Waals surface area contributed by atoms with Crippen molar-refractivity contribution in [3.05, 3.63) is 65.2 Å². The Labute approximate surface area is 214 Å². The van der Waals surface area contributed by atoms with Crippen LogP contribution in [0.1, 0.15) is 40.9 Å². The molecule has 0 aliphatic carbocycles. The van der Waals surface area contributed by atoms with Crippen LogP contribution >= 0.6 is 0 Å². The molecule has 10 heteroatoms. The van der Waals surface area contributed by atoms with Crippen LogP contribution < -0.4 is 20.7 Å². The Bertz CT molecular complexity index is 1320. The van der Waals surface area contributed by atoms with Crippen LogP contribution in [0.4, 0.5) is 5.69 Å². The third-order valence-corrected chi connectivity index (χ3v) is 5.62. The Kier molecular flexibility index (Phi) is 8.11. The van der Waals surface area contributed by atoms with E-state index in [2.05, 4.69) is 20.9 Å². The number of carbonyl (C=O) groups is 4. The van der Waals surface area contributed by atoms with E-state index in [0.717, 1.165) is 5.56 Å². The molecule has 0 unspecified atom stereocenters. The summed E-state index contributed by atoms with van der Waals surface area (Å²) in [5.41, 5.74) is 2.73. The maximum Gasteiger partial charge on any atom is 0.313 e. The van der Waals surface area contributed by atoms with Gasteiger partial charge in [-0.05, 0) is 57.9 Å². The highest BCUT2D eigenvalue weighted by Crippen LogP contribution is 2.32. The van der Waals surface area contributed by atoms with Crippen LogP contribution in [-0.2, 0) is 14.4 Å². The summed E-state index contributed by atoms with van der Waals surface area (Å²) in [6.45, 7) is 8.66. The molecule has 0 saturated heterocycles. The number of amides is 3. The number of aryl methyl sites for hydroxylation is 3. The molecule has 10 nitrogen and oxygen atoms in total. The highest BCUT2D eigenvalue weighted by Gasteiger charge is 2.27. The number of ether oxygens (including phenoxy) is 1. The average Bonchev–Trinajstić information content (AvgIpc) is 3.36. The van der Waals surface area contributed by atoms with Crippen molar-refractivity contribution in [2.45, 2.75) is 40.2 Å². The molecule has 0 spiro atoms. The molecule has 0 bridgehead atoms. The van der Waals surface area contributed by atoms with Gasteiger partial charge in [-0.3, -0.25) is 19.2 Å². The smallest absolute Gasteiger partial charge is 0.313 e. The maximum absolute atomic E-state index is 12.7. The first-order valence-electron chi connectivity index (χ1n) is 11.5. The van der Waals surface area contributed by atoms with Crippen molar-refractivity contribution in [3.8, 4) is 17.1 Å². The summed E-state index contributed by atoms with van der Waals surface area (Å²) in [5.74, 6) is -2.35. The number of Topliss-reactive ketones (excluding diaryl/α,β-unsaturated/α-hetero) is 1. The number of carbonyl (C=O) groups excluding carboxylic acids is 4. The van der Waals surface area contributed by atoms with Crippen LogP contribution in [0, 0.1) is 20.8 Å². The predicted octanol–water partition coefficient (Wildman–Crippen LogP) is 3.11. The second-order valence-electron chi connectivity index (χ2n) is 9.36. The second kappa shape index (κ2) is 11.1. The van der Waals surface area contributed by atoms with E-state index in [0.29, 0.717) is 39.5 Å². The number of hydrogen-bond donors (Lipinski definition) is 3. The zero-order chi connectivity index (χ0) is 27.3. The van der Waals surface area contributed by atoms with Gasteiger partial charge in [0.05, 0.1) is 24.4 Å². The minimum absolute atomic E-state index is 0.0692. The molecule has 194 valence electrons. The number of nitrogens with zero attached hydrogens (tertiary/aromatic N) is 1. The summed E-state index contributed by atoms with van der Waals surface area (Å²) in [6, 6.07) is 8.49. The number of hydrogen-bond acceptors (Lipinski definition) is 7. The van der Waals surface area contributed by atoms with Gasteiger partial charge in [-0.2, -0.15) is 0 Å². The molecule has 0 radical (unpaired) electrons. The van der Waals surface area contributed by atoms with Crippen molar-refractivity contribution in [2.75, 3.05) is 19.0 Å². The van der Waals surface area contributed by atoms with Gasteiger partial charge in [0.25, 0.3) is 11.7 Å². The SMILES string of the molecule is COc1cc(NC(=O)C(=O)NC(C)(C)CNC(=O)C(=O)c2c(C)cc(C)cc2C)ccc1-c1cnco1. The van der Waals surface area contributed by atoms with Gasteiger partial charge in [-0.25, -0.2) is 4.98 Å². The first-order valence-corrected chi connectivity index (χ1v) is 11.5. The Morgan fingerprint density at radius 1 is 0.973 bits per heavy atom. The largest absolute Gasteiger partial charge is 0.496 e. The third kappa shape index (κ3) is 6.60. The number of benzene rings is 2. The molecule has 1 heterocycles. The standard InChI is InChI=1S/C27H30N4O6/c1-15-9-16(2)22(17(3)10-15)23(32)24(33)29-13-27(4,5)31-26(35)25(34)30-18-7-8-19(20(11-18)36-6)21-12-28-14-37-21/h7-12,14H,13H2,1-6H3,(H,29,33)(H,30,34)(H,31,35). The van der Waals surface area contributed by atoms with Crippen LogP contribution in [0.5, 0.6) is 5.75 Å². The van der Waals surface area contributed by atoms with Gasteiger partial charge >= 0.3 is 11.8 Å². The number of nitrogens with one attached hydrogen (secondary N) is 3. The summed E-state index contributed by atoms with van der Waals surface area (Å²) in [6.07, 6.45) is 2.82. The lowest BCUT2D eigenvalue weighted by Gasteiger charge is -2.26. The Morgan fingerprint density at radius 3 is 2.24 bits per heavy atom. The fraction of sp³-hybridized carbons (Fsp3) is 0.296. The third-order valence-electron chi connectivity index (χ3n) is 5.62. The number of aromatic nitrogens is 1. The lowest BCUT2D eigenvalue weighted by molar-refractivity contribution is -0.137. The summed E-state index contributed by atoms with van der Waals surface area (Å²) in [5, 5.41) is 7.64. The quantitative estimate of drug-likeness (QED) is 0.315. The molecule has 0 aliphatic rings. The van der Waals surface area contributed by atoms with E-state index < -0.39 is 29.0 Å². The highest BCUT2D eigenvalue weighted by atomic mass is 16.5. The van der Waals surface area contributed by atoms with E-state index in [4.69, 9.17) is 9.15 Å². The summed E-state index contributed by atoms with van der Waals surface area (Å²) in [4.78, 5) is 54.2. The molecule has 3 N–H and O–H groups in total. The Hall–Kier alpha value is -4.47. The zero-order valence-electron chi connectivity index (χ0n) is 21.6. The number of oxazole rings is 1. The van der Waals surface area contributed by atoms with Crippen molar-refractivity contribution in [3.63, 3.8) is 0 Å². The molecule has 0 aliphatic heterocycles. The Morgan fingerprint density at radius 2 is 1.65 bits per heavy atom. The van der Waals surface area contributed by atoms with Gasteiger partial charge in [-0.15, -0.1) is 0 Å². The molecule has 0 saturated carbocycles. The maximum atomic E-state index is 12.7. The molecule has 0 fully saturated rings. The van der Waals surface area contributed by atoms with Crippen molar-refractivity contribution in [1.29, 1.82) is 0 Å². The molecule has 1 aromatic heterocycles. The Balaban J connectivity index is 1.59. The van der Waals surface area contributed by atoms with Crippen LogP contribution in [0.3, 0.4) is 0 Å². The van der Waals surface area contributed by atoms with E-state index in [-0.39, 0.29) is 6.54 Å². The summed E-state index contributed by atoms with van der Waals surface area (Å²) < 4.78 is 10.6. The first-order chi connectivity index (χ1) is 17.4. The second-order valence-corrected chi connectivity index (χ2v) is 9.36. The topological polar surface area (TPSA) is 140 Å². The summed E-state index contributed by atoms with van der Waals surface area (Å²) in [7, 11) is 1.47. The van der Waals surface area contributed by atoms with Gasteiger partial charge in [0.1, 0.15) is 5.75 Å². The van der Waals surface area contributed by atoms with Crippen molar-refractivity contribution >= 4 is 29.2 Å². The molecule has 37 heavy (non-hydrogen) atoms. The fourth-order valence-electron chi connectivity index (χ4n) is 3.95. The van der Waals surface area contributed by atoms with E-state index in [1.165, 1.54) is 19.7 Å². The number of methoxy groups -OCH3 is 1. The van der Waals surface area contributed by atoms with Crippen molar-refractivity contribution < 1.29 is 28.3 Å². The van der Waals surface area contributed by atoms with Crippen molar-refractivity contribution in [2.24, 2.45) is 0 Å². The average molecular weight is 507 g/mol. The molecule has 2 aromatic carbocycles. The van der Waals surface area contributed by atoms with Gasteiger partial charge in [0.2, 0.25) is 0 Å². The number of ketones is 1. The predicted molar refractivity (Wildman–Crippen MR) is 137 cm³/mol. The monoisotopic (exact) mass is 506 g/mol. The van der Waals surface area contributed by atoms with Crippen LogP contribution in [0.2, 0.25) is 0 Å². The summed E-state index contributed by atoms with van der Waals surface area (Å²) >= 11 is 0. The fourth-order valence-corrected chi connectivity index (χ4v) is 3.95. The molecular weight excluding hydrogens is 476 g/mol. The van der Waals surface area contributed by atoms with Gasteiger partial charge in [-0.1, -0.05) is 17.7 Å². The van der Waals surface area contributed by atoms with E-state index >= 15 is 0 Å². The van der Waals surface area contributed by atoms with Crippen LogP contribution in [0.25, 0.3) is 11.3 Å². The van der Waals surface area contributed by atoms with Crippen LogP contribution in [-0.4, -0.2) is 47.7 Å². The molecular formula is C27H30N4O6. The lowest BCUT2D eigenvalue weighted by atomic mass is 9.96. The first kappa shape index (κ1) is 27.1. The number of anilines is 1. The highest BCUT2D eigenvalue weighted by molar-refractivity contribution is 6.43. The molecule has 3 rings (SSSR count). The van der Waals surface area contributed by atoms with Gasteiger partial charge < -0.3 is 25.1 Å².